The number of hydrogen-bond donors (Lipinski definition) is 0. The number of anilines is 3. The van der Waals surface area contributed by atoms with Gasteiger partial charge in [0, 0.05) is 38.6 Å². The summed E-state index contributed by atoms with van der Waals surface area (Å²) in [4.78, 5) is 2.37. The average Bonchev–Trinajstić information content (AvgIpc) is 3.62. The highest BCUT2D eigenvalue weighted by molar-refractivity contribution is 6.23. The fourth-order valence-electron chi connectivity index (χ4n) is 6.87. The molecule has 0 unspecified atom stereocenters. The topological polar surface area (TPSA) is 7.65 Å². The third-order valence-electron chi connectivity index (χ3n) is 8.93. The molecule has 0 aliphatic rings. The molecule has 0 radical (unpaired) electrons. The Kier molecular flexibility index (Phi) is 5.54. The van der Waals surface area contributed by atoms with Crippen LogP contribution in [0, 0.1) is 0 Å². The van der Waals surface area contributed by atoms with Gasteiger partial charge in [-0.05, 0) is 64.7 Å². The number of fused-ring (bicyclic) bond motifs is 6. The quantitative estimate of drug-likeness (QED) is 0.203. The van der Waals surface area contributed by atoms with E-state index < -0.39 is 0 Å². The molecule has 44 heavy (non-hydrogen) atoms. The molecule has 206 valence electrons. The van der Waals surface area contributed by atoms with Crippen molar-refractivity contribution in [3.63, 3.8) is 0 Å². The molecular formula is C42H28N2. The van der Waals surface area contributed by atoms with Crippen LogP contribution in [0.4, 0.5) is 17.1 Å². The highest BCUT2D eigenvalue weighted by Gasteiger charge is 2.19. The van der Waals surface area contributed by atoms with Crippen molar-refractivity contribution in [3.05, 3.63) is 170 Å². The first-order chi connectivity index (χ1) is 21.8. The van der Waals surface area contributed by atoms with Crippen LogP contribution in [-0.4, -0.2) is 4.40 Å². The zero-order chi connectivity index (χ0) is 29.0. The van der Waals surface area contributed by atoms with Gasteiger partial charge in [-0.2, -0.15) is 0 Å². The molecule has 7 aromatic carbocycles. The number of rotatable bonds is 5. The Morgan fingerprint density at radius 1 is 0.318 bits per heavy atom. The Bertz CT molecular complexity index is 2320. The molecule has 0 aliphatic heterocycles. The van der Waals surface area contributed by atoms with E-state index in [1.165, 1.54) is 60.3 Å². The molecule has 0 bridgehead atoms. The van der Waals surface area contributed by atoms with Gasteiger partial charge < -0.3 is 9.30 Å². The molecule has 2 heterocycles. The maximum atomic E-state index is 2.45. The zero-order valence-electron chi connectivity index (χ0n) is 24.1. The maximum Gasteiger partial charge on any atom is 0.0620 e. The maximum absolute atomic E-state index is 2.45. The minimum atomic E-state index is 1.12. The van der Waals surface area contributed by atoms with Crippen molar-refractivity contribution < 1.29 is 0 Å². The molecule has 2 heteroatoms. The second kappa shape index (κ2) is 9.86. The molecule has 0 saturated heterocycles. The van der Waals surface area contributed by atoms with Crippen molar-refractivity contribution in [3.8, 4) is 22.3 Å². The van der Waals surface area contributed by atoms with Crippen LogP contribution in [0.2, 0.25) is 0 Å². The van der Waals surface area contributed by atoms with Crippen LogP contribution in [0.5, 0.6) is 0 Å². The fourth-order valence-corrected chi connectivity index (χ4v) is 6.87. The van der Waals surface area contributed by atoms with Gasteiger partial charge >= 0.3 is 0 Å². The molecule has 9 aromatic rings. The van der Waals surface area contributed by atoms with Crippen molar-refractivity contribution >= 4 is 55.2 Å². The van der Waals surface area contributed by atoms with E-state index in [-0.39, 0.29) is 0 Å². The predicted octanol–water partition coefficient (Wildman–Crippen LogP) is 11.6. The van der Waals surface area contributed by atoms with E-state index in [2.05, 4.69) is 179 Å². The van der Waals surface area contributed by atoms with Crippen LogP contribution in [-0.2, 0) is 0 Å². The largest absolute Gasteiger partial charge is 0.310 e. The van der Waals surface area contributed by atoms with Gasteiger partial charge in [0.2, 0.25) is 0 Å². The third kappa shape index (κ3) is 3.82. The molecule has 0 amide bonds. The monoisotopic (exact) mass is 560 g/mol. The van der Waals surface area contributed by atoms with E-state index in [0.29, 0.717) is 0 Å². The lowest BCUT2D eigenvalue weighted by atomic mass is 10.0. The van der Waals surface area contributed by atoms with Crippen LogP contribution in [0.15, 0.2) is 170 Å². The fraction of sp³-hybridized carbons (Fsp3) is 0. The number of hydrogen-bond acceptors (Lipinski definition) is 1. The lowest BCUT2D eigenvalue weighted by Gasteiger charge is -2.26. The molecule has 2 aromatic heterocycles. The van der Waals surface area contributed by atoms with Gasteiger partial charge in [0.15, 0.2) is 0 Å². The summed E-state index contributed by atoms with van der Waals surface area (Å²) in [5, 5.41) is 5.18. The van der Waals surface area contributed by atoms with Gasteiger partial charge in [0.05, 0.1) is 16.6 Å². The number of nitrogens with zero attached hydrogens (tertiary/aromatic N) is 2. The Balaban J connectivity index is 1.24. The summed E-state index contributed by atoms with van der Waals surface area (Å²) in [6.45, 7) is 0. The number of benzene rings is 7. The van der Waals surface area contributed by atoms with E-state index in [4.69, 9.17) is 0 Å². The van der Waals surface area contributed by atoms with Gasteiger partial charge in [-0.15, -0.1) is 0 Å². The van der Waals surface area contributed by atoms with E-state index in [1.54, 1.807) is 0 Å². The van der Waals surface area contributed by atoms with Crippen LogP contribution in [0.1, 0.15) is 0 Å². The molecule has 0 N–H and O–H groups in total. The van der Waals surface area contributed by atoms with Crippen molar-refractivity contribution in [1.29, 1.82) is 0 Å². The summed E-state index contributed by atoms with van der Waals surface area (Å²) in [7, 11) is 0. The van der Waals surface area contributed by atoms with Gasteiger partial charge in [-0.25, -0.2) is 0 Å². The summed E-state index contributed by atoms with van der Waals surface area (Å²) >= 11 is 0. The average molecular weight is 561 g/mol. The minimum Gasteiger partial charge on any atom is -0.310 e. The minimum absolute atomic E-state index is 1.12. The second-order valence-electron chi connectivity index (χ2n) is 11.4. The Hall–Kier alpha value is -5.86. The van der Waals surface area contributed by atoms with Crippen LogP contribution >= 0.6 is 0 Å². The molecular weight excluding hydrogens is 532 g/mol. The van der Waals surface area contributed by atoms with Gasteiger partial charge in [0.1, 0.15) is 0 Å². The van der Waals surface area contributed by atoms with Crippen molar-refractivity contribution in [2.45, 2.75) is 0 Å². The summed E-state index contributed by atoms with van der Waals surface area (Å²) in [5.74, 6) is 0. The van der Waals surface area contributed by atoms with E-state index in [1.807, 2.05) is 0 Å². The molecule has 0 aliphatic carbocycles. The molecule has 0 fully saturated rings. The van der Waals surface area contributed by atoms with Crippen molar-refractivity contribution in [2.75, 3.05) is 4.90 Å². The first kappa shape index (κ1) is 24.7. The summed E-state index contributed by atoms with van der Waals surface area (Å²) in [6.07, 6.45) is 0. The Morgan fingerprint density at radius 3 is 1.36 bits per heavy atom. The molecule has 9 rings (SSSR count). The summed E-state index contributed by atoms with van der Waals surface area (Å²) < 4.78 is 2.45. The molecule has 0 atom stereocenters. The van der Waals surface area contributed by atoms with E-state index in [9.17, 15) is 0 Å². The zero-order valence-corrected chi connectivity index (χ0v) is 24.1. The van der Waals surface area contributed by atoms with E-state index >= 15 is 0 Å². The summed E-state index contributed by atoms with van der Waals surface area (Å²) in [6, 6.07) is 61.3. The highest BCUT2D eigenvalue weighted by Crippen LogP contribution is 2.42. The Labute approximate surface area is 256 Å². The molecule has 0 saturated carbocycles. The van der Waals surface area contributed by atoms with Crippen LogP contribution in [0.25, 0.3) is 60.3 Å². The molecule has 0 spiro atoms. The number of aromatic nitrogens is 1. The SMILES string of the molecule is c1ccc(-c2ccc(N(c3ccc(-c4ccccc4)cc3)c3ccc4c5cccc6c7ccccc7n(c4c3)c65)cc2)cc1. The standard InChI is InChI=1S/C42H28N2/c1-3-10-29(11-4-1)31-18-22-33(23-19-31)43(34-24-20-32(21-25-34)30-12-5-2-6-13-30)35-26-27-37-39-16-9-15-38-36-14-7-8-17-40(36)44(42(38)39)41(37)28-35/h1-28H. The first-order valence-corrected chi connectivity index (χ1v) is 15.1. The summed E-state index contributed by atoms with van der Waals surface area (Å²) in [5.41, 5.74) is 12.0. The highest BCUT2D eigenvalue weighted by atomic mass is 15.1. The van der Waals surface area contributed by atoms with Gasteiger partial charge in [0.25, 0.3) is 0 Å². The number of para-hydroxylation sites is 2. The van der Waals surface area contributed by atoms with Crippen molar-refractivity contribution in [1.82, 2.24) is 4.40 Å². The van der Waals surface area contributed by atoms with E-state index in [0.717, 1.165) is 17.1 Å². The Morgan fingerprint density at radius 2 is 0.773 bits per heavy atom. The van der Waals surface area contributed by atoms with Crippen LogP contribution < -0.4 is 4.90 Å². The predicted molar refractivity (Wildman–Crippen MR) is 187 cm³/mol. The first-order valence-electron chi connectivity index (χ1n) is 15.1. The third-order valence-corrected chi connectivity index (χ3v) is 8.93. The smallest absolute Gasteiger partial charge is 0.0620 e. The van der Waals surface area contributed by atoms with Crippen molar-refractivity contribution in [2.24, 2.45) is 0 Å². The van der Waals surface area contributed by atoms with Crippen LogP contribution in [0.3, 0.4) is 0 Å². The normalized spacial score (nSPS) is 11.6. The lowest BCUT2D eigenvalue weighted by Crippen LogP contribution is -2.10. The van der Waals surface area contributed by atoms with Gasteiger partial charge in [-0.1, -0.05) is 127 Å². The lowest BCUT2D eigenvalue weighted by molar-refractivity contribution is 1.28. The molecule has 2 nitrogen and oxygen atoms in total. The second-order valence-corrected chi connectivity index (χ2v) is 11.4. The van der Waals surface area contributed by atoms with Gasteiger partial charge in [-0.3, -0.25) is 0 Å².